The quantitative estimate of drug-likeness (QED) is 0.412. The van der Waals surface area contributed by atoms with E-state index in [9.17, 15) is 13.2 Å². The molecule has 0 atom stereocenters. The maximum Gasteiger partial charge on any atom is 0.306 e. The van der Waals surface area contributed by atoms with Gasteiger partial charge in [-0.05, 0) is 54.6 Å². The summed E-state index contributed by atoms with van der Waals surface area (Å²) in [5.74, 6) is 0.591. The Kier molecular flexibility index (Phi) is 5.80. The van der Waals surface area contributed by atoms with Gasteiger partial charge < -0.3 is 8.92 Å². The van der Waals surface area contributed by atoms with Gasteiger partial charge >= 0.3 is 10.1 Å². The van der Waals surface area contributed by atoms with E-state index in [4.69, 9.17) is 8.92 Å². The molecule has 7 heteroatoms. The maximum atomic E-state index is 12.2. The van der Waals surface area contributed by atoms with Gasteiger partial charge in [0.05, 0.1) is 13.4 Å². The first kappa shape index (κ1) is 18.2. The summed E-state index contributed by atoms with van der Waals surface area (Å²) >= 11 is 3.37. The summed E-state index contributed by atoms with van der Waals surface area (Å²) in [6.45, 7) is 0. The summed E-state index contributed by atoms with van der Waals surface area (Å²) in [6, 6.07) is 11.4. The Morgan fingerprint density at radius 1 is 1.12 bits per heavy atom. The molecule has 0 bridgehead atoms. The molecule has 0 fully saturated rings. The topological polar surface area (TPSA) is 69.7 Å². The highest BCUT2D eigenvalue weighted by Gasteiger charge is 2.07. The minimum Gasteiger partial charge on any atom is -0.496 e. The van der Waals surface area contributed by atoms with E-state index in [1.54, 1.807) is 19.3 Å². The van der Waals surface area contributed by atoms with Crippen LogP contribution in [0, 0.1) is 0 Å². The molecular formula is C17H15BrO5S. The van der Waals surface area contributed by atoms with Gasteiger partial charge in [-0.25, -0.2) is 0 Å². The Bertz CT molecular complexity index is 870. The third-order valence-electron chi connectivity index (χ3n) is 2.99. The minimum atomic E-state index is -3.59. The van der Waals surface area contributed by atoms with Gasteiger partial charge in [-0.3, -0.25) is 4.79 Å². The van der Waals surface area contributed by atoms with E-state index in [1.807, 2.05) is 12.1 Å². The predicted octanol–water partition coefficient (Wildman–Crippen LogP) is 3.69. The molecule has 0 aliphatic carbocycles. The lowest BCUT2D eigenvalue weighted by atomic mass is 10.1. The number of rotatable bonds is 6. The summed E-state index contributed by atoms with van der Waals surface area (Å²) in [4.78, 5) is 12.2. The van der Waals surface area contributed by atoms with Crippen molar-refractivity contribution in [2.75, 3.05) is 13.4 Å². The molecule has 0 N–H and O–H groups in total. The van der Waals surface area contributed by atoms with Crippen LogP contribution in [-0.4, -0.2) is 27.6 Å². The van der Waals surface area contributed by atoms with Crippen molar-refractivity contribution >= 4 is 37.9 Å². The van der Waals surface area contributed by atoms with E-state index in [2.05, 4.69) is 15.9 Å². The predicted molar refractivity (Wildman–Crippen MR) is 96.0 cm³/mol. The van der Waals surface area contributed by atoms with Gasteiger partial charge in [0.15, 0.2) is 5.78 Å². The number of halogens is 1. The number of carbonyl (C=O) groups is 1. The third kappa shape index (κ3) is 5.21. The van der Waals surface area contributed by atoms with Crippen LogP contribution in [0.3, 0.4) is 0 Å². The molecule has 0 saturated carbocycles. The third-order valence-corrected chi connectivity index (χ3v) is 3.98. The summed E-state index contributed by atoms with van der Waals surface area (Å²) in [7, 11) is -2.03. The Labute approximate surface area is 149 Å². The number of hydrogen-bond donors (Lipinski definition) is 0. The van der Waals surface area contributed by atoms with Crippen molar-refractivity contribution in [3.8, 4) is 11.5 Å². The van der Waals surface area contributed by atoms with Crippen LogP contribution in [0.25, 0.3) is 6.08 Å². The molecule has 0 spiro atoms. The molecule has 2 aromatic rings. The van der Waals surface area contributed by atoms with E-state index in [-0.39, 0.29) is 11.5 Å². The lowest BCUT2D eigenvalue weighted by molar-refractivity contribution is 0.104. The van der Waals surface area contributed by atoms with Crippen LogP contribution in [0.15, 0.2) is 53.0 Å². The van der Waals surface area contributed by atoms with Crippen LogP contribution in [-0.2, 0) is 10.1 Å². The monoisotopic (exact) mass is 410 g/mol. The average molecular weight is 411 g/mol. The molecule has 126 valence electrons. The number of carbonyl (C=O) groups excluding carboxylic acids is 1. The largest absolute Gasteiger partial charge is 0.496 e. The van der Waals surface area contributed by atoms with Gasteiger partial charge in [0.1, 0.15) is 11.5 Å². The van der Waals surface area contributed by atoms with Gasteiger partial charge in [-0.1, -0.05) is 15.9 Å². The SMILES string of the molecule is COc1ccc(Br)cc1/C=C/C(=O)c1ccc(OS(C)(=O)=O)cc1. The second kappa shape index (κ2) is 7.63. The summed E-state index contributed by atoms with van der Waals surface area (Å²) < 4.78 is 32.9. The van der Waals surface area contributed by atoms with Gasteiger partial charge in [-0.2, -0.15) is 8.42 Å². The Hall–Kier alpha value is -2.12. The number of ether oxygens (including phenoxy) is 1. The highest BCUT2D eigenvalue weighted by molar-refractivity contribution is 9.10. The van der Waals surface area contributed by atoms with Gasteiger partial charge in [0, 0.05) is 15.6 Å². The number of ketones is 1. The molecule has 0 saturated heterocycles. The van der Waals surface area contributed by atoms with Crippen LogP contribution >= 0.6 is 15.9 Å². The van der Waals surface area contributed by atoms with Gasteiger partial charge in [-0.15, -0.1) is 0 Å². The molecule has 0 radical (unpaired) electrons. The molecule has 24 heavy (non-hydrogen) atoms. The highest BCUT2D eigenvalue weighted by Crippen LogP contribution is 2.24. The van der Waals surface area contributed by atoms with Crippen molar-refractivity contribution < 1.29 is 22.1 Å². The molecule has 5 nitrogen and oxygen atoms in total. The number of benzene rings is 2. The fourth-order valence-corrected chi connectivity index (χ4v) is 2.79. The first-order valence-corrected chi connectivity index (χ1v) is 9.45. The molecule has 0 aromatic heterocycles. The standard InChI is InChI=1S/C17H15BrO5S/c1-22-17-10-6-14(18)11-13(17)5-9-16(19)12-3-7-15(8-4-12)23-24(2,20)21/h3-11H,1-2H3/b9-5+. The smallest absolute Gasteiger partial charge is 0.306 e. The molecule has 0 aliphatic heterocycles. The van der Waals surface area contributed by atoms with Gasteiger partial charge in [0.2, 0.25) is 0 Å². The normalized spacial score (nSPS) is 11.5. The molecule has 0 unspecified atom stereocenters. The van der Waals surface area contributed by atoms with Crippen molar-refractivity contribution in [3.05, 3.63) is 64.1 Å². The molecule has 0 heterocycles. The van der Waals surface area contributed by atoms with E-state index < -0.39 is 10.1 Å². The Balaban J connectivity index is 2.16. The van der Waals surface area contributed by atoms with Crippen LogP contribution in [0.5, 0.6) is 11.5 Å². The first-order valence-electron chi connectivity index (χ1n) is 6.84. The Morgan fingerprint density at radius 2 is 1.79 bits per heavy atom. The van der Waals surface area contributed by atoms with Crippen molar-refractivity contribution in [2.45, 2.75) is 0 Å². The van der Waals surface area contributed by atoms with Crippen LogP contribution in [0.4, 0.5) is 0 Å². The lowest BCUT2D eigenvalue weighted by Gasteiger charge is -2.05. The van der Waals surface area contributed by atoms with Crippen LogP contribution in [0.2, 0.25) is 0 Å². The van der Waals surface area contributed by atoms with Crippen LogP contribution in [0.1, 0.15) is 15.9 Å². The highest BCUT2D eigenvalue weighted by atomic mass is 79.9. The second-order valence-corrected chi connectivity index (χ2v) is 7.39. The summed E-state index contributed by atoms with van der Waals surface area (Å²) in [6.07, 6.45) is 4.05. The van der Waals surface area contributed by atoms with E-state index in [1.165, 1.54) is 30.3 Å². The molecule has 0 amide bonds. The number of allylic oxidation sites excluding steroid dienone is 1. The van der Waals surface area contributed by atoms with Crippen molar-refractivity contribution in [1.29, 1.82) is 0 Å². The molecular weight excluding hydrogens is 396 g/mol. The Morgan fingerprint density at radius 3 is 2.38 bits per heavy atom. The fraction of sp³-hybridized carbons (Fsp3) is 0.118. The maximum absolute atomic E-state index is 12.2. The van der Waals surface area contributed by atoms with E-state index in [0.29, 0.717) is 11.3 Å². The zero-order valence-corrected chi connectivity index (χ0v) is 15.4. The molecule has 0 aliphatic rings. The number of hydrogen-bond acceptors (Lipinski definition) is 5. The fourth-order valence-electron chi connectivity index (χ4n) is 1.95. The zero-order chi connectivity index (χ0) is 17.7. The van der Waals surface area contributed by atoms with Crippen molar-refractivity contribution in [2.24, 2.45) is 0 Å². The van der Waals surface area contributed by atoms with Gasteiger partial charge in [0.25, 0.3) is 0 Å². The summed E-state index contributed by atoms with van der Waals surface area (Å²) in [5, 5.41) is 0. The van der Waals surface area contributed by atoms with Crippen molar-refractivity contribution in [3.63, 3.8) is 0 Å². The minimum absolute atomic E-state index is 0.159. The zero-order valence-electron chi connectivity index (χ0n) is 13.0. The molecule has 2 aromatic carbocycles. The summed E-state index contributed by atoms with van der Waals surface area (Å²) in [5.41, 5.74) is 1.18. The first-order chi connectivity index (χ1) is 11.3. The lowest BCUT2D eigenvalue weighted by Crippen LogP contribution is -2.05. The van der Waals surface area contributed by atoms with E-state index in [0.717, 1.165) is 16.3 Å². The molecule has 2 rings (SSSR count). The van der Waals surface area contributed by atoms with E-state index >= 15 is 0 Å². The van der Waals surface area contributed by atoms with Crippen molar-refractivity contribution in [1.82, 2.24) is 0 Å². The van der Waals surface area contributed by atoms with Crippen LogP contribution < -0.4 is 8.92 Å². The average Bonchev–Trinajstić information content (AvgIpc) is 2.52. The number of methoxy groups -OCH3 is 1. The second-order valence-electron chi connectivity index (χ2n) is 4.90.